The van der Waals surface area contributed by atoms with E-state index in [4.69, 9.17) is 0 Å². The summed E-state index contributed by atoms with van der Waals surface area (Å²) in [5.74, 6) is 0. The molecular formula is C60H51ClSi. The van der Waals surface area contributed by atoms with Gasteiger partial charge in [-0.1, -0.05) is 200 Å². The highest BCUT2D eigenvalue weighted by Gasteiger charge is 2.47. The van der Waals surface area contributed by atoms with Crippen LogP contribution in [-0.2, 0) is 0 Å². The molecule has 0 heterocycles. The zero-order valence-electron chi connectivity index (χ0n) is 36.4. The van der Waals surface area contributed by atoms with Gasteiger partial charge < -0.3 is 0 Å². The molecule has 0 aromatic heterocycles. The maximum absolute atomic E-state index is 9.26. The van der Waals surface area contributed by atoms with Gasteiger partial charge in [0.05, 0.1) is 0 Å². The van der Waals surface area contributed by atoms with Gasteiger partial charge >= 0.3 is 0 Å². The maximum atomic E-state index is 9.26. The molecule has 0 spiro atoms. The van der Waals surface area contributed by atoms with Gasteiger partial charge in [0, 0.05) is 0 Å². The number of aryl methyl sites for hydroxylation is 3. The Morgan fingerprint density at radius 1 is 0.274 bits per heavy atom. The molecule has 0 nitrogen and oxygen atoms in total. The fourth-order valence-electron chi connectivity index (χ4n) is 10.4. The lowest BCUT2D eigenvalue weighted by molar-refractivity contribution is 1.38. The van der Waals surface area contributed by atoms with Crippen LogP contribution in [0.15, 0.2) is 200 Å². The summed E-state index contributed by atoms with van der Waals surface area (Å²) >= 11 is 9.26. The second-order valence-corrected chi connectivity index (χ2v) is 21.2. The van der Waals surface area contributed by atoms with Gasteiger partial charge in [-0.15, -0.1) is 11.1 Å². The van der Waals surface area contributed by atoms with Crippen LogP contribution in [0.3, 0.4) is 0 Å². The number of benzene rings is 9. The highest BCUT2D eigenvalue weighted by Crippen LogP contribution is 2.42. The Balaban J connectivity index is 1.48. The molecule has 9 rings (SSSR count). The first-order valence-corrected chi connectivity index (χ1v) is 24.6. The van der Waals surface area contributed by atoms with Gasteiger partial charge in [0.15, 0.2) is 0 Å². The predicted octanol–water partition coefficient (Wildman–Crippen LogP) is 14.7. The lowest BCUT2D eigenvalue weighted by Gasteiger charge is -2.38. The molecule has 302 valence electrons. The fraction of sp³-hybridized carbons (Fsp3) is 0.100. The third-order valence-electron chi connectivity index (χ3n) is 12.8. The maximum Gasteiger partial charge on any atom is 0.249 e. The molecule has 0 saturated carbocycles. The Labute approximate surface area is 373 Å². The molecule has 9 aromatic carbocycles. The summed E-state index contributed by atoms with van der Waals surface area (Å²) in [5, 5.41) is 3.77. The van der Waals surface area contributed by atoms with Crippen LogP contribution >= 0.6 is 11.1 Å². The van der Waals surface area contributed by atoms with E-state index in [1.165, 1.54) is 116 Å². The van der Waals surface area contributed by atoms with Crippen molar-refractivity contribution in [3.05, 3.63) is 234 Å². The fourth-order valence-corrected chi connectivity index (χ4v) is 17.5. The summed E-state index contributed by atoms with van der Waals surface area (Å²) in [7, 11) is -3.54. The summed E-state index contributed by atoms with van der Waals surface area (Å²) in [4.78, 5) is 0. The van der Waals surface area contributed by atoms with Gasteiger partial charge in [-0.3, -0.25) is 0 Å². The van der Waals surface area contributed by atoms with E-state index in [2.05, 4.69) is 242 Å². The van der Waals surface area contributed by atoms with Crippen LogP contribution in [0.4, 0.5) is 0 Å². The number of rotatable bonds is 9. The van der Waals surface area contributed by atoms with Crippen LogP contribution < -0.4 is 15.6 Å². The van der Waals surface area contributed by atoms with Crippen molar-refractivity contribution >= 4 is 34.0 Å². The molecule has 0 N–H and O–H groups in total. The van der Waals surface area contributed by atoms with E-state index in [1.807, 2.05) is 0 Å². The minimum atomic E-state index is -3.54. The number of hydrogen-bond acceptors (Lipinski definition) is 0. The lowest BCUT2D eigenvalue weighted by atomic mass is 9.89. The van der Waals surface area contributed by atoms with Gasteiger partial charge in [0.25, 0.3) is 0 Å². The molecule has 0 amide bonds. The Morgan fingerprint density at radius 3 is 0.677 bits per heavy atom. The average Bonchev–Trinajstić information content (AvgIpc) is 3.30. The van der Waals surface area contributed by atoms with Crippen LogP contribution in [0.5, 0.6) is 0 Å². The zero-order valence-corrected chi connectivity index (χ0v) is 38.2. The summed E-state index contributed by atoms with van der Waals surface area (Å²) in [6.07, 6.45) is 0. The molecule has 0 atom stereocenters. The van der Waals surface area contributed by atoms with Gasteiger partial charge in [0.1, 0.15) is 0 Å². The number of halogens is 1. The van der Waals surface area contributed by atoms with Crippen molar-refractivity contribution in [2.75, 3.05) is 0 Å². The van der Waals surface area contributed by atoms with Crippen molar-refractivity contribution in [3.8, 4) is 66.8 Å². The molecule has 0 saturated heterocycles. The van der Waals surface area contributed by atoms with E-state index in [0.29, 0.717) is 0 Å². The first-order chi connectivity index (χ1) is 30.2. The van der Waals surface area contributed by atoms with E-state index < -0.39 is 7.38 Å². The molecule has 0 aliphatic heterocycles. The van der Waals surface area contributed by atoms with E-state index in [0.717, 1.165) is 0 Å². The van der Waals surface area contributed by atoms with Crippen LogP contribution in [0.2, 0.25) is 0 Å². The molecule has 62 heavy (non-hydrogen) atoms. The molecule has 0 unspecified atom stereocenters. The van der Waals surface area contributed by atoms with E-state index in [9.17, 15) is 11.1 Å². The zero-order chi connectivity index (χ0) is 43.0. The van der Waals surface area contributed by atoms with Crippen molar-refractivity contribution in [1.29, 1.82) is 0 Å². The van der Waals surface area contributed by atoms with Crippen molar-refractivity contribution in [3.63, 3.8) is 0 Å². The summed E-state index contributed by atoms with van der Waals surface area (Å²) < 4.78 is 0. The van der Waals surface area contributed by atoms with Crippen LogP contribution in [-0.4, -0.2) is 7.38 Å². The summed E-state index contributed by atoms with van der Waals surface area (Å²) in [6, 6.07) is 72.6. The van der Waals surface area contributed by atoms with Gasteiger partial charge in [-0.25, -0.2) is 0 Å². The minimum Gasteiger partial charge on any atom is -0.149 e. The van der Waals surface area contributed by atoms with E-state index in [-0.39, 0.29) is 0 Å². The molecule has 9 aromatic rings. The minimum absolute atomic E-state index is 1.19. The molecule has 0 aliphatic rings. The van der Waals surface area contributed by atoms with Crippen molar-refractivity contribution in [2.45, 2.75) is 41.5 Å². The third-order valence-corrected chi connectivity index (χ3v) is 18.9. The molecule has 0 bridgehead atoms. The largest absolute Gasteiger partial charge is 0.249 e. The average molecular weight is 836 g/mol. The smallest absolute Gasteiger partial charge is 0.149 e. The van der Waals surface area contributed by atoms with E-state index >= 15 is 0 Å². The molecule has 2 heteroatoms. The highest BCUT2D eigenvalue weighted by atomic mass is 35.6. The first kappa shape index (κ1) is 40.9. The lowest BCUT2D eigenvalue weighted by Crippen LogP contribution is -2.67. The second kappa shape index (κ2) is 17.1. The van der Waals surface area contributed by atoms with Crippen molar-refractivity contribution in [2.24, 2.45) is 0 Å². The Kier molecular flexibility index (Phi) is 11.3. The van der Waals surface area contributed by atoms with Crippen molar-refractivity contribution < 1.29 is 0 Å². The third kappa shape index (κ3) is 7.16. The first-order valence-electron chi connectivity index (χ1n) is 21.6. The Bertz CT molecular complexity index is 2700. The summed E-state index contributed by atoms with van der Waals surface area (Å²) in [6.45, 7) is 13.9. The number of hydrogen-bond donors (Lipinski definition) is 0. The van der Waals surface area contributed by atoms with Gasteiger partial charge in [-0.05, 0) is 157 Å². The Morgan fingerprint density at radius 2 is 0.468 bits per heavy atom. The topological polar surface area (TPSA) is 0 Å². The monoisotopic (exact) mass is 834 g/mol. The normalized spacial score (nSPS) is 11.5. The molecule has 0 fully saturated rings. The van der Waals surface area contributed by atoms with Crippen LogP contribution in [0.1, 0.15) is 33.4 Å². The standard InChI is InChI=1S/C60H51ClSi/c1-40-37-52(46-25-13-7-14-26-46)55(49-31-19-10-20-32-49)43(4)58(40)62(61,59-41(2)38-53(47-27-15-8-16-28-47)56(44(59)5)50-33-21-11-22-34-50)60-42(3)39-54(48-29-17-9-18-30-48)57(45(60)6)51-35-23-12-24-36-51/h7-39H,1-6H3. The van der Waals surface area contributed by atoms with Crippen molar-refractivity contribution in [1.82, 2.24) is 0 Å². The van der Waals surface area contributed by atoms with Gasteiger partial charge in [0.2, 0.25) is 7.38 Å². The van der Waals surface area contributed by atoms with Crippen LogP contribution in [0.25, 0.3) is 66.8 Å². The SMILES string of the molecule is Cc1cc(-c2ccccc2)c(-c2ccccc2)c(C)c1[Si](Cl)(c1c(C)cc(-c2ccccc2)c(-c2ccccc2)c1C)c1c(C)cc(-c2ccccc2)c(-c2ccccc2)c1C. The second-order valence-electron chi connectivity index (χ2n) is 16.7. The van der Waals surface area contributed by atoms with Gasteiger partial charge in [-0.2, -0.15) is 0 Å². The quantitative estimate of drug-likeness (QED) is 0.0772. The Hall–Kier alpha value is -6.51. The molecular weight excluding hydrogens is 784 g/mol. The highest BCUT2D eigenvalue weighted by molar-refractivity contribution is 7.41. The molecule has 0 radical (unpaired) electrons. The molecule has 0 aliphatic carbocycles. The summed E-state index contributed by atoms with van der Waals surface area (Å²) in [5.41, 5.74) is 21.8. The van der Waals surface area contributed by atoms with Crippen LogP contribution in [0, 0.1) is 41.5 Å². The van der Waals surface area contributed by atoms with E-state index in [1.54, 1.807) is 0 Å². The predicted molar refractivity (Wildman–Crippen MR) is 271 cm³/mol.